The number of rotatable bonds is 6. The van der Waals surface area contributed by atoms with E-state index < -0.39 is 0 Å². The predicted molar refractivity (Wildman–Crippen MR) is 72.2 cm³/mol. The summed E-state index contributed by atoms with van der Waals surface area (Å²) in [6.07, 6.45) is 1.60. The maximum absolute atomic E-state index is 11.9. The second-order valence-corrected chi connectivity index (χ2v) is 4.06. The molecule has 1 heterocycles. The highest BCUT2D eigenvalue weighted by molar-refractivity contribution is 5.98. The number of furan rings is 1. The van der Waals surface area contributed by atoms with Gasteiger partial charge in [0.05, 0.1) is 32.1 Å². The van der Waals surface area contributed by atoms with Gasteiger partial charge in [-0.2, -0.15) is 0 Å². The number of carbonyl (C=O) groups excluding carboxylic acids is 1. The van der Waals surface area contributed by atoms with Crippen LogP contribution in [0, 0.1) is 0 Å². The molecular weight excluding hydrogens is 244 g/mol. The molecule has 2 rings (SSSR count). The lowest BCUT2D eigenvalue weighted by atomic mass is 10.1. The molecule has 1 aromatic carbocycles. The number of nitrogens with one attached hydrogen (secondary N) is 1. The van der Waals surface area contributed by atoms with Gasteiger partial charge in [-0.3, -0.25) is 4.79 Å². The summed E-state index contributed by atoms with van der Waals surface area (Å²) in [6, 6.07) is 8.67. The number of nitrogen functional groups attached to an aromatic ring is 1. The molecule has 1 aromatic heterocycles. The third-order valence-corrected chi connectivity index (χ3v) is 2.72. The molecule has 0 bridgehead atoms. The first kappa shape index (κ1) is 13.2. The summed E-state index contributed by atoms with van der Waals surface area (Å²) >= 11 is 0. The quantitative estimate of drug-likeness (QED) is 0.612. The van der Waals surface area contributed by atoms with E-state index in [1.165, 1.54) is 7.11 Å². The second kappa shape index (κ2) is 6.06. The van der Waals surface area contributed by atoms with Gasteiger partial charge >= 0.3 is 0 Å². The molecule has 0 radical (unpaired) electrons. The molecule has 19 heavy (non-hydrogen) atoms. The van der Waals surface area contributed by atoms with E-state index in [1.54, 1.807) is 24.5 Å². The Labute approximate surface area is 111 Å². The zero-order chi connectivity index (χ0) is 13.7. The van der Waals surface area contributed by atoms with E-state index in [2.05, 4.69) is 5.32 Å². The van der Waals surface area contributed by atoms with Crippen LogP contribution in [0.15, 0.2) is 41.0 Å². The topological polar surface area (TPSA) is 77.5 Å². The number of hydrogen-bond donors (Lipinski definition) is 2. The highest BCUT2D eigenvalue weighted by Gasteiger charge is 2.08. The van der Waals surface area contributed by atoms with Gasteiger partial charge in [0, 0.05) is 5.56 Å². The minimum Gasteiger partial charge on any atom is -0.495 e. The Balaban J connectivity index is 1.91. The monoisotopic (exact) mass is 260 g/mol. The van der Waals surface area contributed by atoms with Crippen LogP contribution in [-0.2, 0) is 6.54 Å². The van der Waals surface area contributed by atoms with Crippen molar-refractivity contribution in [1.82, 2.24) is 5.32 Å². The number of benzene rings is 1. The summed E-state index contributed by atoms with van der Waals surface area (Å²) in [4.78, 5) is 11.9. The molecule has 5 nitrogen and oxygen atoms in total. The summed E-state index contributed by atoms with van der Waals surface area (Å²) in [6.45, 7) is 0.747. The van der Waals surface area contributed by atoms with Gasteiger partial charge in [-0.25, -0.2) is 0 Å². The lowest BCUT2D eigenvalue weighted by molar-refractivity contribution is 0.0990. The lowest BCUT2D eigenvalue weighted by Gasteiger charge is -2.07. The zero-order valence-electron chi connectivity index (χ0n) is 10.7. The fourth-order valence-corrected chi connectivity index (χ4v) is 1.72. The minimum absolute atomic E-state index is 0.0269. The van der Waals surface area contributed by atoms with Crippen molar-refractivity contribution in [3.05, 3.63) is 47.9 Å². The van der Waals surface area contributed by atoms with Crippen LogP contribution in [0.25, 0.3) is 0 Å². The van der Waals surface area contributed by atoms with Gasteiger partial charge in [-0.1, -0.05) is 0 Å². The van der Waals surface area contributed by atoms with Crippen molar-refractivity contribution >= 4 is 11.5 Å². The summed E-state index contributed by atoms with van der Waals surface area (Å²) < 4.78 is 10.2. The van der Waals surface area contributed by atoms with Crippen molar-refractivity contribution < 1.29 is 13.9 Å². The number of methoxy groups -OCH3 is 1. The molecule has 0 aliphatic rings. The minimum atomic E-state index is -0.0269. The molecule has 100 valence electrons. The van der Waals surface area contributed by atoms with Gasteiger partial charge in [0.2, 0.25) is 0 Å². The van der Waals surface area contributed by atoms with Gasteiger partial charge in [-0.05, 0) is 30.3 Å². The van der Waals surface area contributed by atoms with Crippen molar-refractivity contribution in [2.24, 2.45) is 0 Å². The number of Topliss-reactive ketones (excluding diaryl/α,β-unsaturated/α-hetero) is 1. The average molecular weight is 260 g/mol. The number of anilines is 1. The predicted octanol–water partition coefficient (Wildman–Crippen LogP) is 1.84. The summed E-state index contributed by atoms with van der Waals surface area (Å²) in [5, 5.41) is 3.02. The average Bonchev–Trinajstić information content (AvgIpc) is 2.91. The Bertz CT molecular complexity index is 550. The first-order valence-electron chi connectivity index (χ1n) is 5.90. The van der Waals surface area contributed by atoms with E-state index in [9.17, 15) is 4.79 Å². The maximum Gasteiger partial charge on any atom is 0.176 e. The molecule has 3 N–H and O–H groups in total. The van der Waals surface area contributed by atoms with Crippen LogP contribution >= 0.6 is 0 Å². The van der Waals surface area contributed by atoms with Crippen molar-refractivity contribution in [2.75, 3.05) is 19.4 Å². The largest absolute Gasteiger partial charge is 0.495 e. The number of carbonyl (C=O) groups is 1. The molecular formula is C14H16N2O3. The Hall–Kier alpha value is -2.27. The first-order chi connectivity index (χ1) is 9.20. The summed E-state index contributed by atoms with van der Waals surface area (Å²) in [7, 11) is 1.54. The van der Waals surface area contributed by atoms with Crippen molar-refractivity contribution in [2.45, 2.75) is 6.54 Å². The Kier molecular flexibility index (Phi) is 4.20. The van der Waals surface area contributed by atoms with Crippen LogP contribution in [-0.4, -0.2) is 19.4 Å². The molecule has 0 aliphatic heterocycles. The smallest absolute Gasteiger partial charge is 0.176 e. The van der Waals surface area contributed by atoms with Gasteiger partial charge < -0.3 is 20.2 Å². The molecule has 0 spiro atoms. The Morgan fingerprint density at radius 3 is 2.89 bits per heavy atom. The van der Waals surface area contributed by atoms with Gasteiger partial charge in [-0.15, -0.1) is 0 Å². The molecule has 0 atom stereocenters. The Morgan fingerprint density at radius 2 is 2.26 bits per heavy atom. The van der Waals surface area contributed by atoms with Crippen molar-refractivity contribution in [1.29, 1.82) is 0 Å². The SMILES string of the molecule is COc1ccc(C(=O)CNCc2ccco2)cc1N. The van der Waals surface area contributed by atoms with E-state index in [4.69, 9.17) is 14.9 Å². The molecule has 0 amide bonds. The summed E-state index contributed by atoms with van der Waals surface area (Å²) in [5.41, 5.74) is 6.78. The van der Waals surface area contributed by atoms with Gasteiger partial charge in [0.25, 0.3) is 0 Å². The van der Waals surface area contributed by atoms with Gasteiger partial charge in [0.1, 0.15) is 11.5 Å². The van der Waals surface area contributed by atoms with E-state index in [0.29, 0.717) is 23.5 Å². The fourth-order valence-electron chi connectivity index (χ4n) is 1.72. The normalized spacial score (nSPS) is 10.4. The standard InChI is InChI=1S/C14H16N2O3/c1-18-14-5-4-10(7-12(14)15)13(17)9-16-8-11-3-2-6-19-11/h2-7,16H,8-9,15H2,1H3. The van der Waals surface area contributed by atoms with Crippen LogP contribution in [0.3, 0.4) is 0 Å². The fraction of sp³-hybridized carbons (Fsp3) is 0.214. The molecule has 0 saturated carbocycles. The van der Waals surface area contributed by atoms with Gasteiger partial charge in [0.15, 0.2) is 5.78 Å². The van der Waals surface area contributed by atoms with Crippen molar-refractivity contribution in [3.63, 3.8) is 0 Å². The lowest BCUT2D eigenvalue weighted by Crippen LogP contribution is -2.22. The van der Waals surface area contributed by atoms with Crippen LogP contribution in [0.1, 0.15) is 16.1 Å². The van der Waals surface area contributed by atoms with Crippen molar-refractivity contribution in [3.8, 4) is 5.75 Å². The second-order valence-electron chi connectivity index (χ2n) is 4.06. The third-order valence-electron chi connectivity index (χ3n) is 2.72. The molecule has 5 heteroatoms. The van der Waals surface area contributed by atoms with Crippen LogP contribution in [0.5, 0.6) is 5.75 Å². The molecule has 0 fully saturated rings. The first-order valence-corrected chi connectivity index (χ1v) is 5.90. The van der Waals surface area contributed by atoms with Crippen LogP contribution < -0.4 is 15.8 Å². The van der Waals surface area contributed by atoms with E-state index in [0.717, 1.165) is 5.76 Å². The third kappa shape index (κ3) is 3.35. The maximum atomic E-state index is 11.9. The highest BCUT2D eigenvalue weighted by Crippen LogP contribution is 2.21. The zero-order valence-corrected chi connectivity index (χ0v) is 10.7. The highest BCUT2D eigenvalue weighted by atomic mass is 16.5. The number of ether oxygens (including phenoxy) is 1. The number of nitrogens with two attached hydrogens (primary N) is 1. The number of ketones is 1. The van der Waals surface area contributed by atoms with E-state index in [-0.39, 0.29) is 12.3 Å². The van der Waals surface area contributed by atoms with E-state index >= 15 is 0 Å². The summed E-state index contributed by atoms with van der Waals surface area (Å²) in [5.74, 6) is 1.34. The van der Waals surface area contributed by atoms with E-state index in [1.807, 2.05) is 12.1 Å². The van der Waals surface area contributed by atoms with Crippen LogP contribution in [0.4, 0.5) is 5.69 Å². The molecule has 0 saturated heterocycles. The molecule has 2 aromatic rings. The number of hydrogen-bond acceptors (Lipinski definition) is 5. The molecule has 0 unspecified atom stereocenters. The molecule has 0 aliphatic carbocycles. The van der Waals surface area contributed by atoms with Crippen LogP contribution in [0.2, 0.25) is 0 Å². The Morgan fingerprint density at radius 1 is 1.42 bits per heavy atom.